The number of carbonyl (C=O) groups excluding carboxylic acids is 5. The van der Waals surface area contributed by atoms with E-state index in [1.54, 1.807) is 19.6 Å². The van der Waals surface area contributed by atoms with E-state index < -0.39 is 5.91 Å². The Morgan fingerprint density at radius 1 is 0.229 bits per heavy atom. The summed E-state index contributed by atoms with van der Waals surface area (Å²) in [7, 11) is 0. The molecular formula is C85H160N6O5. The van der Waals surface area contributed by atoms with Crippen LogP contribution in [0.15, 0.2) is 48.6 Å². The van der Waals surface area contributed by atoms with E-state index >= 15 is 0 Å². The highest BCUT2D eigenvalue weighted by Crippen LogP contribution is 2.18. The number of hydrogen-bond acceptors (Lipinski definition) is 6. The van der Waals surface area contributed by atoms with E-state index in [0.29, 0.717) is 45.6 Å². The molecule has 0 spiro atoms. The molecule has 0 aromatic heterocycles. The molecule has 0 unspecified atom stereocenters. The summed E-state index contributed by atoms with van der Waals surface area (Å²) in [6.07, 6.45) is 87.0. The van der Waals surface area contributed by atoms with Crippen LogP contribution in [0.5, 0.6) is 0 Å². The van der Waals surface area contributed by atoms with Crippen LogP contribution in [0.2, 0.25) is 0 Å². The van der Waals surface area contributed by atoms with E-state index in [-0.39, 0.29) is 49.8 Å². The van der Waals surface area contributed by atoms with Crippen molar-refractivity contribution >= 4 is 29.5 Å². The summed E-state index contributed by atoms with van der Waals surface area (Å²) in [4.78, 5) is 77.3. The molecule has 0 aliphatic heterocycles. The van der Waals surface area contributed by atoms with Crippen LogP contribution in [0.1, 0.15) is 407 Å². The van der Waals surface area contributed by atoms with Crippen LogP contribution >= 0.6 is 0 Å². The largest absolute Gasteiger partial charge is 0.368 e. The van der Waals surface area contributed by atoms with Gasteiger partial charge in [-0.2, -0.15) is 0 Å². The molecule has 11 nitrogen and oxygen atoms in total. The van der Waals surface area contributed by atoms with Crippen LogP contribution in [0, 0.1) is 0 Å². The normalized spacial score (nSPS) is 11.8. The molecule has 0 aliphatic carbocycles. The van der Waals surface area contributed by atoms with Gasteiger partial charge < -0.3 is 31.1 Å². The first-order chi connectivity index (χ1) is 47.1. The smallest absolute Gasteiger partial charge is 0.242 e. The number of primary amides is 1. The summed E-state index contributed by atoms with van der Waals surface area (Å²) in [6.45, 7) is 10.7. The number of rotatable bonds is 76. The number of carbonyl (C=O) groups is 5. The first kappa shape index (κ1) is 92.3. The predicted octanol–water partition coefficient (Wildman–Crippen LogP) is 23.1. The molecule has 0 saturated carbocycles. The lowest BCUT2D eigenvalue weighted by molar-refractivity contribution is -0.146. The molecule has 11 heteroatoms. The van der Waals surface area contributed by atoms with Crippen LogP contribution < -0.4 is 11.5 Å². The first-order valence-corrected chi connectivity index (χ1v) is 41.8. The van der Waals surface area contributed by atoms with E-state index in [1.165, 1.54) is 231 Å². The van der Waals surface area contributed by atoms with Gasteiger partial charge in [0.2, 0.25) is 29.5 Å². The SMILES string of the molecule is CCCCCCCC/C=C\CCCCCCCCN(CC(N)=O)C(=O)CN(CCCCCCCC/C=C\CCCCCCCC)C(=O)CN(CCCCCCCC/C=C\CCCCCCCC)C(=O)CN(CCCCCCCC/C=C\CCCCCCCC)C(=O)CCCCN. The van der Waals surface area contributed by atoms with Gasteiger partial charge in [0.25, 0.3) is 0 Å². The summed E-state index contributed by atoms with van der Waals surface area (Å²) in [6, 6.07) is 0. The number of hydrogen-bond donors (Lipinski definition) is 2. The van der Waals surface area contributed by atoms with Gasteiger partial charge in [-0.1, -0.05) is 307 Å². The molecular weight excluding hydrogens is 1180 g/mol. The molecule has 5 amide bonds. The molecule has 0 bridgehead atoms. The molecule has 0 atom stereocenters. The topological polar surface area (TPSA) is 150 Å². The van der Waals surface area contributed by atoms with Gasteiger partial charge in [0.1, 0.15) is 0 Å². The molecule has 0 heterocycles. The second kappa shape index (κ2) is 75.5. The van der Waals surface area contributed by atoms with Gasteiger partial charge in [0.15, 0.2) is 0 Å². The minimum Gasteiger partial charge on any atom is -0.368 e. The maximum absolute atomic E-state index is 14.9. The minimum absolute atomic E-state index is 0.0309. The van der Waals surface area contributed by atoms with Crippen LogP contribution in [-0.4, -0.2) is 108 Å². The van der Waals surface area contributed by atoms with Gasteiger partial charge in [-0.05, 0) is 148 Å². The monoisotopic (exact) mass is 1350 g/mol. The van der Waals surface area contributed by atoms with Gasteiger partial charge in [0.05, 0.1) is 26.2 Å². The molecule has 4 N–H and O–H groups in total. The number of amides is 5. The van der Waals surface area contributed by atoms with Gasteiger partial charge in [-0.3, -0.25) is 24.0 Å². The number of nitrogens with zero attached hydrogens (tertiary/aromatic N) is 4. The lowest BCUT2D eigenvalue weighted by Crippen LogP contribution is -2.50. The maximum Gasteiger partial charge on any atom is 0.242 e. The third-order valence-corrected chi connectivity index (χ3v) is 19.3. The fraction of sp³-hybridized carbons (Fsp3) is 0.847. The van der Waals surface area contributed by atoms with E-state index in [9.17, 15) is 24.0 Å². The molecule has 0 aliphatic rings. The van der Waals surface area contributed by atoms with Gasteiger partial charge >= 0.3 is 0 Å². The second-order valence-corrected chi connectivity index (χ2v) is 28.7. The number of allylic oxidation sites excluding steroid dienone is 8. The Morgan fingerprint density at radius 2 is 0.417 bits per heavy atom. The standard InChI is InChI=1S/C85H160N6O5/c1-5-9-13-17-21-25-29-33-37-41-45-49-53-57-61-67-73-88(77-81(87)92)83(94)79-90(75-69-63-59-55-51-47-43-39-35-31-27-23-19-15-11-7-3)85(96)80-91(76-70-64-60-56-52-48-44-40-36-32-28-24-20-16-12-8-4)84(95)78-89(82(93)71-65-66-72-86)74-68-62-58-54-50-46-42-38-34-30-26-22-18-14-10-6-2/h33-40H,5-32,41-80,86H2,1-4H3,(H2,87,92)/b37-33-,38-34-,39-35-,40-36-. The first-order valence-electron chi connectivity index (χ1n) is 41.8. The van der Waals surface area contributed by atoms with Crippen LogP contribution in [0.25, 0.3) is 0 Å². The van der Waals surface area contributed by atoms with Crippen molar-refractivity contribution in [2.24, 2.45) is 11.5 Å². The van der Waals surface area contributed by atoms with Crippen molar-refractivity contribution in [1.82, 2.24) is 19.6 Å². The summed E-state index contributed by atoms with van der Waals surface area (Å²) < 4.78 is 0. The Balaban J connectivity index is 6.17. The van der Waals surface area contributed by atoms with Crippen molar-refractivity contribution in [3.63, 3.8) is 0 Å². The number of unbranched alkanes of at least 4 members (excludes halogenated alkanes) is 49. The molecule has 0 radical (unpaired) electrons. The highest BCUT2D eigenvalue weighted by Gasteiger charge is 2.27. The lowest BCUT2D eigenvalue weighted by Gasteiger charge is -2.31. The van der Waals surface area contributed by atoms with Gasteiger partial charge in [0, 0.05) is 32.6 Å². The Bertz CT molecular complexity index is 1850. The molecule has 0 rings (SSSR count). The average molecular weight is 1350 g/mol. The zero-order valence-corrected chi connectivity index (χ0v) is 64.2. The zero-order valence-electron chi connectivity index (χ0n) is 64.2. The van der Waals surface area contributed by atoms with Gasteiger partial charge in [-0.15, -0.1) is 0 Å². The predicted molar refractivity (Wildman–Crippen MR) is 416 cm³/mol. The highest BCUT2D eigenvalue weighted by molar-refractivity contribution is 5.91. The summed E-state index contributed by atoms with van der Waals surface area (Å²) in [5, 5.41) is 0. The van der Waals surface area contributed by atoms with E-state index in [0.717, 1.165) is 135 Å². The molecule has 0 saturated heterocycles. The van der Waals surface area contributed by atoms with Crippen molar-refractivity contribution < 1.29 is 24.0 Å². The second-order valence-electron chi connectivity index (χ2n) is 28.7. The Kier molecular flexibility index (Phi) is 72.5. The fourth-order valence-electron chi connectivity index (χ4n) is 12.9. The van der Waals surface area contributed by atoms with E-state index in [2.05, 4.69) is 76.3 Å². The molecule has 0 fully saturated rings. The quantitative estimate of drug-likeness (QED) is 0.0457. The Morgan fingerprint density at radius 3 is 0.625 bits per heavy atom. The third kappa shape index (κ3) is 64.9. The summed E-state index contributed by atoms with van der Waals surface area (Å²) in [5.41, 5.74) is 11.7. The average Bonchev–Trinajstić information content (AvgIpc) is 0.992. The zero-order chi connectivity index (χ0) is 69.9. The van der Waals surface area contributed by atoms with Crippen molar-refractivity contribution in [1.29, 1.82) is 0 Å². The van der Waals surface area contributed by atoms with Gasteiger partial charge in [-0.25, -0.2) is 0 Å². The molecule has 560 valence electrons. The minimum atomic E-state index is -0.564. The highest BCUT2D eigenvalue weighted by atomic mass is 16.2. The van der Waals surface area contributed by atoms with Crippen molar-refractivity contribution in [2.75, 3.05) is 58.9 Å². The lowest BCUT2D eigenvalue weighted by atomic mass is 10.1. The number of nitrogens with two attached hydrogens (primary N) is 2. The fourth-order valence-corrected chi connectivity index (χ4v) is 12.9. The molecule has 0 aromatic carbocycles. The Labute approximate surface area is 595 Å². The summed E-state index contributed by atoms with van der Waals surface area (Å²) >= 11 is 0. The van der Waals surface area contributed by atoms with Crippen molar-refractivity contribution in [3.8, 4) is 0 Å². The third-order valence-electron chi connectivity index (χ3n) is 19.3. The van der Waals surface area contributed by atoms with E-state index in [4.69, 9.17) is 11.5 Å². The molecule has 96 heavy (non-hydrogen) atoms. The molecule has 0 aromatic rings. The van der Waals surface area contributed by atoms with Crippen molar-refractivity contribution in [2.45, 2.75) is 407 Å². The van der Waals surface area contributed by atoms with Crippen LogP contribution in [0.4, 0.5) is 0 Å². The Hall–Kier alpha value is -3.73. The van der Waals surface area contributed by atoms with E-state index in [1.807, 2.05) is 0 Å². The van der Waals surface area contributed by atoms with Crippen molar-refractivity contribution in [3.05, 3.63) is 48.6 Å². The summed E-state index contributed by atoms with van der Waals surface area (Å²) in [5.74, 6) is -1.36. The van der Waals surface area contributed by atoms with Crippen LogP contribution in [-0.2, 0) is 24.0 Å². The maximum atomic E-state index is 14.9. The van der Waals surface area contributed by atoms with Crippen LogP contribution in [0.3, 0.4) is 0 Å².